The molecule has 1 aliphatic rings. The second-order valence-corrected chi connectivity index (χ2v) is 7.18. The molecule has 0 saturated carbocycles. The Bertz CT molecular complexity index is 465. The van der Waals surface area contributed by atoms with Crippen LogP contribution in [0.3, 0.4) is 0 Å². The van der Waals surface area contributed by atoms with Gasteiger partial charge in [0.2, 0.25) is 0 Å². The van der Waals surface area contributed by atoms with Crippen LogP contribution < -0.4 is 5.32 Å². The number of hydrogen-bond donors (Lipinski definition) is 1. The fraction of sp³-hybridized carbons (Fsp3) is 0.647. The van der Waals surface area contributed by atoms with Gasteiger partial charge in [-0.2, -0.15) is 0 Å². The molecule has 0 spiro atoms. The number of rotatable bonds is 2. The van der Waals surface area contributed by atoms with E-state index >= 15 is 0 Å². The first-order valence-electron chi connectivity index (χ1n) is 7.50. The first-order valence-corrected chi connectivity index (χ1v) is 7.50. The molecule has 1 heterocycles. The third kappa shape index (κ3) is 3.58. The monoisotopic (exact) mass is 278 g/mol. The molecule has 1 N–H and O–H groups in total. The van der Waals surface area contributed by atoms with Gasteiger partial charge in [-0.1, -0.05) is 26.8 Å². The maximum atomic E-state index is 13.2. The summed E-state index contributed by atoms with van der Waals surface area (Å²) < 4.78 is 13.2. The van der Waals surface area contributed by atoms with Gasteiger partial charge in [0.15, 0.2) is 0 Å². The molecule has 20 heavy (non-hydrogen) atoms. The SMILES string of the molecule is Cc1cc(F)ccc1CN1CC(C(C)(C)C)NCC1C. The van der Waals surface area contributed by atoms with Crippen molar-refractivity contribution in [2.75, 3.05) is 13.1 Å². The van der Waals surface area contributed by atoms with Crippen LogP contribution in [0.5, 0.6) is 0 Å². The lowest BCUT2D eigenvalue weighted by Crippen LogP contribution is -2.59. The Morgan fingerprint density at radius 1 is 1.35 bits per heavy atom. The molecule has 1 fully saturated rings. The molecule has 2 atom stereocenters. The Balaban J connectivity index is 2.10. The topological polar surface area (TPSA) is 15.3 Å². The summed E-state index contributed by atoms with van der Waals surface area (Å²) in [6, 6.07) is 6.13. The highest BCUT2D eigenvalue weighted by Crippen LogP contribution is 2.25. The Morgan fingerprint density at radius 2 is 2.05 bits per heavy atom. The summed E-state index contributed by atoms with van der Waals surface area (Å²) in [4.78, 5) is 2.51. The van der Waals surface area contributed by atoms with E-state index in [0.29, 0.717) is 12.1 Å². The van der Waals surface area contributed by atoms with Gasteiger partial charge in [-0.15, -0.1) is 0 Å². The van der Waals surface area contributed by atoms with Gasteiger partial charge in [-0.3, -0.25) is 4.90 Å². The third-order valence-electron chi connectivity index (χ3n) is 4.42. The van der Waals surface area contributed by atoms with Crippen LogP contribution in [0.4, 0.5) is 4.39 Å². The first kappa shape index (κ1) is 15.5. The van der Waals surface area contributed by atoms with Crippen LogP contribution in [-0.4, -0.2) is 30.1 Å². The summed E-state index contributed by atoms with van der Waals surface area (Å²) >= 11 is 0. The summed E-state index contributed by atoms with van der Waals surface area (Å²) in [6.07, 6.45) is 0. The predicted octanol–water partition coefficient (Wildman–Crippen LogP) is 3.34. The van der Waals surface area contributed by atoms with Gasteiger partial charge in [-0.25, -0.2) is 4.39 Å². The quantitative estimate of drug-likeness (QED) is 0.892. The number of nitrogens with one attached hydrogen (secondary N) is 1. The Hall–Kier alpha value is -0.930. The van der Waals surface area contributed by atoms with E-state index in [0.717, 1.165) is 25.2 Å². The van der Waals surface area contributed by atoms with E-state index in [1.807, 2.05) is 13.0 Å². The van der Waals surface area contributed by atoms with E-state index in [2.05, 4.69) is 37.9 Å². The highest BCUT2D eigenvalue weighted by molar-refractivity contribution is 5.26. The van der Waals surface area contributed by atoms with Crippen LogP contribution in [0.2, 0.25) is 0 Å². The minimum Gasteiger partial charge on any atom is -0.311 e. The van der Waals surface area contributed by atoms with E-state index in [1.54, 1.807) is 12.1 Å². The van der Waals surface area contributed by atoms with Crippen molar-refractivity contribution < 1.29 is 4.39 Å². The molecule has 1 aromatic rings. The van der Waals surface area contributed by atoms with Gasteiger partial charge in [0.05, 0.1) is 0 Å². The number of aryl methyl sites for hydroxylation is 1. The van der Waals surface area contributed by atoms with Crippen molar-refractivity contribution >= 4 is 0 Å². The van der Waals surface area contributed by atoms with Gasteiger partial charge in [0.1, 0.15) is 5.82 Å². The van der Waals surface area contributed by atoms with E-state index < -0.39 is 0 Å². The van der Waals surface area contributed by atoms with E-state index in [9.17, 15) is 4.39 Å². The number of hydrogen-bond acceptors (Lipinski definition) is 2. The highest BCUT2D eigenvalue weighted by Gasteiger charge is 2.32. The van der Waals surface area contributed by atoms with Crippen LogP contribution >= 0.6 is 0 Å². The van der Waals surface area contributed by atoms with Gasteiger partial charge in [0, 0.05) is 31.7 Å². The minimum atomic E-state index is -0.146. The number of benzene rings is 1. The van der Waals surface area contributed by atoms with Crippen molar-refractivity contribution in [3.8, 4) is 0 Å². The zero-order chi connectivity index (χ0) is 14.9. The van der Waals surface area contributed by atoms with Gasteiger partial charge < -0.3 is 5.32 Å². The molecule has 1 aliphatic heterocycles. The lowest BCUT2D eigenvalue weighted by molar-refractivity contribution is 0.0875. The van der Waals surface area contributed by atoms with E-state index in [4.69, 9.17) is 0 Å². The lowest BCUT2D eigenvalue weighted by atomic mass is 9.84. The van der Waals surface area contributed by atoms with Crippen molar-refractivity contribution in [1.29, 1.82) is 0 Å². The molecule has 0 radical (unpaired) electrons. The predicted molar refractivity (Wildman–Crippen MR) is 82.3 cm³/mol. The molecular formula is C17H27FN2. The van der Waals surface area contributed by atoms with E-state index in [1.165, 1.54) is 5.56 Å². The number of piperazine rings is 1. The summed E-state index contributed by atoms with van der Waals surface area (Å²) in [7, 11) is 0. The molecule has 1 aromatic carbocycles. The fourth-order valence-corrected chi connectivity index (χ4v) is 2.78. The molecule has 1 saturated heterocycles. The molecule has 112 valence electrons. The second-order valence-electron chi connectivity index (χ2n) is 7.18. The van der Waals surface area contributed by atoms with Crippen LogP contribution in [0.15, 0.2) is 18.2 Å². The average Bonchev–Trinajstić information content (AvgIpc) is 2.33. The maximum Gasteiger partial charge on any atom is 0.123 e. The largest absolute Gasteiger partial charge is 0.311 e. The van der Waals surface area contributed by atoms with Crippen molar-refractivity contribution in [2.24, 2.45) is 5.41 Å². The summed E-state index contributed by atoms with van der Waals surface area (Å²) in [5, 5.41) is 3.65. The Kier molecular flexibility index (Phi) is 4.50. The molecule has 0 aliphatic carbocycles. The molecule has 0 aromatic heterocycles. The highest BCUT2D eigenvalue weighted by atomic mass is 19.1. The number of halogens is 1. The van der Waals surface area contributed by atoms with Crippen molar-refractivity contribution in [2.45, 2.75) is 53.2 Å². The van der Waals surface area contributed by atoms with Crippen LogP contribution in [0.25, 0.3) is 0 Å². The molecule has 0 bridgehead atoms. The van der Waals surface area contributed by atoms with Gasteiger partial charge in [0.25, 0.3) is 0 Å². The lowest BCUT2D eigenvalue weighted by Gasteiger charge is -2.44. The molecular weight excluding hydrogens is 251 g/mol. The minimum absolute atomic E-state index is 0.146. The summed E-state index contributed by atoms with van der Waals surface area (Å²) in [5.74, 6) is -0.146. The maximum absolute atomic E-state index is 13.2. The standard InChI is InChI=1S/C17H27FN2/c1-12-8-15(18)7-6-14(12)10-20-11-16(17(3,4)5)19-9-13(20)2/h6-8,13,16,19H,9-11H2,1-5H3. The Morgan fingerprint density at radius 3 is 2.65 bits per heavy atom. The number of nitrogens with zero attached hydrogens (tertiary/aromatic N) is 1. The summed E-state index contributed by atoms with van der Waals surface area (Å²) in [6.45, 7) is 14.0. The van der Waals surface area contributed by atoms with Crippen molar-refractivity contribution in [3.05, 3.63) is 35.1 Å². The molecule has 2 nitrogen and oxygen atoms in total. The van der Waals surface area contributed by atoms with Crippen LogP contribution in [0.1, 0.15) is 38.8 Å². The van der Waals surface area contributed by atoms with Crippen molar-refractivity contribution in [1.82, 2.24) is 10.2 Å². The molecule has 0 amide bonds. The second kappa shape index (κ2) is 5.82. The zero-order valence-electron chi connectivity index (χ0n) is 13.3. The molecule has 2 unspecified atom stereocenters. The smallest absolute Gasteiger partial charge is 0.123 e. The van der Waals surface area contributed by atoms with Gasteiger partial charge in [-0.05, 0) is 42.5 Å². The van der Waals surface area contributed by atoms with E-state index in [-0.39, 0.29) is 11.2 Å². The van der Waals surface area contributed by atoms with Crippen LogP contribution in [-0.2, 0) is 6.54 Å². The Labute approximate surface area is 122 Å². The molecule has 2 rings (SSSR count). The van der Waals surface area contributed by atoms with Crippen LogP contribution in [0, 0.1) is 18.2 Å². The third-order valence-corrected chi connectivity index (χ3v) is 4.42. The fourth-order valence-electron chi connectivity index (χ4n) is 2.78. The van der Waals surface area contributed by atoms with Crippen molar-refractivity contribution in [3.63, 3.8) is 0 Å². The normalized spacial score (nSPS) is 24.9. The first-order chi connectivity index (χ1) is 9.27. The summed E-state index contributed by atoms with van der Waals surface area (Å²) in [5.41, 5.74) is 2.53. The molecule has 3 heteroatoms. The zero-order valence-corrected chi connectivity index (χ0v) is 13.3. The van der Waals surface area contributed by atoms with Gasteiger partial charge >= 0.3 is 0 Å². The average molecular weight is 278 g/mol.